The third-order valence-corrected chi connectivity index (χ3v) is 7.80. The lowest BCUT2D eigenvalue weighted by Gasteiger charge is -2.48. The highest BCUT2D eigenvalue weighted by atomic mass is 32.2. The van der Waals surface area contributed by atoms with Crippen molar-refractivity contribution in [2.24, 2.45) is 10.7 Å². The lowest BCUT2D eigenvalue weighted by Crippen LogP contribution is -2.67. The van der Waals surface area contributed by atoms with Crippen molar-refractivity contribution >= 4 is 21.4 Å². The molecule has 1 fully saturated rings. The Balaban J connectivity index is 2.30. The summed E-state index contributed by atoms with van der Waals surface area (Å²) in [6.45, 7) is 2.50. The van der Waals surface area contributed by atoms with E-state index in [0.717, 1.165) is 18.2 Å². The van der Waals surface area contributed by atoms with Crippen molar-refractivity contribution in [3.05, 3.63) is 39.7 Å². The van der Waals surface area contributed by atoms with Gasteiger partial charge in [0.15, 0.2) is 9.84 Å². The summed E-state index contributed by atoms with van der Waals surface area (Å²) in [4.78, 5) is 14.6. The van der Waals surface area contributed by atoms with E-state index in [0.29, 0.717) is 0 Å². The number of amidine groups is 1. The van der Waals surface area contributed by atoms with Crippen LogP contribution in [0.25, 0.3) is 0 Å². The summed E-state index contributed by atoms with van der Waals surface area (Å²) in [6, 6.07) is 2.93. The van der Waals surface area contributed by atoms with Crippen LogP contribution in [-0.2, 0) is 20.1 Å². The van der Waals surface area contributed by atoms with Crippen LogP contribution in [0.2, 0.25) is 0 Å². The van der Waals surface area contributed by atoms with Crippen LogP contribution in [-0.4, -0.2) is 42.4 Å². The van der Waals surface area contributed by atoms with E-state index >= 15 is 0 Å². The van der Waals surface area contributed by atoms with Crippen LogP contribution in [0.5, 0.6) is 0 Å². The molecule has 2 N–H and O–H groups in total. The van der Waals surface area contributed by atoms with Crippen LogP contribution in [0.1, 0.15) is 19.4 Å². The lowest BCUT2D eigenvalue weighted by atomic mass is 9.86. The van der Waals surface area contributed by atoms with Gasteiger partial charge >= 0.3 is 0 Å². The number of nitrogens with zero attached hydrogens (tertiary/aromatic N) is 2. The normalized spacial score (nSPS) is 34.5. The topological polar surface area (TPSA) is 125 Å². The van der Waals surface area contributed by atoms with E-state index in [4.69, 9.17) is 10.5 Å². The van der Waals surface area contributed by atoms with Crippen molar-refractivity contribution in [2.75, 3.05) is 13.2 Å². The summed E-state index contributed by atoms with van der Waals surface area (Å²) in [5.41, 5.74) is 3.73. The second kappa shape index (κ2) is 4.96. The number of ether oxygens (including phenoxy) is 1. The summed E-state index contributed by atoms with van der Waals surface area (Å²) < 4.78 is 44.2. The van der Waals surface area contributed by atoms with Crippen LogP contribution >= 0.6 is 0 Å². The van der Waals surface area contributed by atoms with E-state index in [1.807, 2.05) is 0 Å². The summed E-state index contributed by atoms with van der Waals surface area (Å²) in [7, 11) is -3.84. The van der Waals surface area contributed by atoms with Crippen LogP contribution in [0.4, 0.5) is 10.1 Å². The minimum Gasteiger partial charge on any atom is -0.386 e. The Morgan fingerprint density at radius 2 is 2.12 bits per heavy atom. The second-order valence-electron chi connectivity index (χ2n) is 6.35. The van der Waals surface area contributed by atoms with Crippen molar-refractivity contribution < 1.29 is 22.5 Å². The molecule has 2 bridgehead atoms. The van der Waals surface area contributed by atoms with E-state index in [2.05, 4.69) is 4.99 Å². The number of benzene rings is 1. The van der Waals surface area contributed by atoms with Gasteiger partial charge < -0.3 is 10.5 Å². The molecule has 1 aromatic rings. The molecule has 0 spiro atoms. The Hall–Kier alpha value is -2.07. The summed E-state index contributed by atoms with van der Waals surface area (Å²) in [6.07, 6.45) is 0. The minimum atomic E-state index is -3.84. The van der Waals surface area contributed by atoms with Gasteiger partial charge in [0, 0.05) is 17.7 Å². The largest absolute Gasteiger partial charge is 0.386 e. The number of nitro groups is 1. The number of nitrogens with two attached hydrogens (primary N) is 1. The van der Waals surface area contributed by atoms with Crippen molar-refractivity contribution in [3.8, 4) is 0 Å². The Bertz CT molecular complexity index is 871. The van der Waals surface area contributed by atoms with Gasteiger partial charge in [0.2, 0.25) is 0 Å². The monoisotopic (exact) mass is 357 g/mol. The van der Waals surface area contributed by atoms with Gasteiger partial charge in [0.25, 0.3) is 5.69 Å². The van der Waals surface area contributed by atoms with Gasteiger partial charge in [-0.1, -0.05) is 0 Å². The maximum absolute atomic E-state index is 14.4. The number of nitro benzene ring substituents is 1. The molecule has 24 heavy (non-hydrogen) atoms. The van der Waals surface area contributed by atoms with Crippen LogP contribution in [0.15, 0.2) is 23.2 Å². The molecule has 3 rings (SSSR count). The maximum Gasteiger partial charge on any atom is 0.270 e. The molecule has 0 aromatic heterocycles. The van der Waals surface area contributed by atoms with Gasteiger partial charge in [0.05, 0.1) is 18.1 Å². The number of hydrogen-bond donors (Lipinski definition) is 1. The molecular formula is C14H16FN3O5S. The third-order valence-electron chi connectivity index (χ3n) is 4.88. The summed E-state index contributed by atoms with van der Waals surface area (Å²) >= 11 is 0. The number of hydrogen-bond acceptors (Lipinski definition) is 7. The number of non-ortho nitro benzene ring substituents is 1. The van der Waals surface area contributed by atoms with Crippen molar-refractivity contribution in [1.29, 1.82) is 0 Å². The molecule has 8 nitrogen and oxygen atoms in total. The maximum atomic E-state index is 14.4. The van der Waals surface area contributed by atoms with Gasteiger partial charge in [0.1, 0.15) is 27.2 Å². The molecule has 1 saturated heterocycles. The van der Waals surface area contributed by atoms with E-state index in [1.54, 1.807) is 0 Å². The van der Waals surface area contributed by atoms with Gasteiger partial charge in [-0.05, 0) is 19.9 Å². The molecule has 0 radical (unpaired) electrons. The Kier molecular flexibility index (Phi) is 3.47. The first kappa shape index (κ1) is 16.8. The van der Waals surface area contributed by atoms with Crippen molar-refractivity contribution in [3.63, 3.8) is 0 Å². The third kappa shape index (κ3) is 1.99. The fourth-order valence-electron chi connectivity index (χ4n) is 3.22. The van der Waals surface area contributed by atoms with Crippen molar-refractivity contribution in [2.45, 2.75) is 29.4 Å². The molecule has 0 aliphatic carbocycles. The van der Waals surface area contributed by atoms with E-state index < -0.39 is 36.1 Å². The molecule has 10 heteroatoms. The molecular weight excluding hydrogens is 341 g/mol. The molecule has 2 aliphatic rings. The van der Waals surface area contributed by atoms with Gasteiger partial charge in [-0.25, -0.2) is 12.8 Å². The fourth-order valence-corrected chi connectivity index (χ4v) is 5.49. The Morgan fingerprint density at radius 3 is 2.75 bits per heavy atom. The number of halogens is 1. The molecule has 0 unspecified atom stereocenters. The molecule has 0 saturated carbocycles. The van der Waals surface area contributed by atoms with E-state index in [-0.39, 0.29) is 30.3 Å². The molecule has 1 aromatic carbocycles. The zero-order chi connectivity index (χ0) is 17.9. The number of sulfone groups is 1. The SMILES string of the molecule is C[C@]12COC[C@H]([C@@](C)(c3cc([N+](=O)[O-])ccc3F)N=C1N)S2(=O)=O. The lowest BCUT2D eigenvalue weighted by molar-refractivity contribution is -0.385. The Labute approximate surface area is 137 Å². The van der Waals surface area contributed by atoms with E-state index in [1.165, 1.54) is 13.8 Å². The van der Waals surface area contributed by atoms with Crippen LogP contribution < -0.4 is 5.73 Å². The Morgan fingerprint density at radius 1 is 1.46 bits per heavy atom. The summed E-state index contributed by atoms with van der Waals surface area (Å²) in [5, 5.41) is 9.80. The van der Waals surface area contributed by atoms with Gasteiger partial charge in [-0.2, -0.15) is 0 Å². The fraction of sp³-hybridized carbons (Fsp3) is 0.500. The van der Waals surface area contributed by atoms with Gasteiger partial charge in [-0.3, -0.25) is 15.1 Å². The summed E-state index contributed by atoms with van der Waals surface area (Å²) in [5.74, 6) is -0.976. The molecule has 2 heterocycles. The quantitative estimate of drug-likeness (QED) is 0.619. The minimum absolute atomic E-state index is 0.130. The number of fused-ring (bicyclic) bond motifs is 2. The zero-order valence-electron chi connectivity index (χ0n) is 13.0. The van der Waals surface area contributed by atoms with Crippen molar-refractivity contribution in [1.82, 2.24) is 0 Å². The smallest absolute Gasteiger partial charge is 0.270 e. The number of rotatable bonds is 2. The first-order valence-electron chi connectivity index (χ1n) is 7.15. The predicted molar refractivity (Wildman–Crippen MR) is 84.0 cm³/mol. The highest BCUT2D eigenvalue weighted by Crippen LogP contribution is 2.46. The second-order valence-corrected chi connectivity index (χ2v) is 8.91. The van der Waals surface area contributed by atoms with Crippen LogP contribution in [0.3, 0.4) is 0 Å². The zero-order valence-corrected chi connectivity index (χ0v) is 13.8. The first-order valence-corrected chi connectivity index (χ1v) is 8.70. The average Bonchev–Trinajstić information content (AvgIpc) is 2.48. The van der Waals surface area contributed by atoms with Gasteiger partial charge in [-0.15, -0.1) is 0 Å². The molecule has 130 valence electrons. The molecule has 3 atom stereocenters. The number of aliphatic imine (C=N–C) groups is 1. The first-order chi connectivity index (χ1) is 11.0. The molecule has 2 aliphatic heterocycles. The highest BCUT2D eigenvalue weighted by Gasteiger charge is 2.61. The average molecular weight is 357 g/mol. The highest BCUT2D eigenvalue weighted by molar-refractivity contribution is 7.94. The standard InChI is InChI=1S/C14H16FN3O5S/c1-13-7-23-6-11(24(13,21)22)14(2,17-12(13)16)9-5-8(18(19)20)3-4-10(9)15/h3-5,11H,6-7H2,1-2H3,(H2,16,17)/t11-,13+,14-/m1/s1. The van der Waals surface area contributed by atoms with E-state index in [9.17, 15) is 22.9 Å². The predicted octanol–water partition coefficient (Wildman–Crippen LogP) is 0.892. The van der Waals surface area contributed by atoms with Crippen LogP contribution in [0, 0.1) is 15.9 Å². The molecule has 0 amide bonds.